The van der Waals surface area contributed by atoms with E-state index in [1.165, 1.54) is 0 Å². The van der Waals surface area contributed by atoms with Crippen molar-refractivity contribution >= 4 is 11.7 Å². The number of hydrogen-bond acceptors (Lipinski definition) is 6. The summed E-state index contributed by atoms with van der Waals surface area (Å²) in [5.74, 6) is 2.02. The highest BCUT2D eigenvalue weighted by atomic mass is 16.5. The molecule has 3 heterocycles. The lowest BCUT2D eigenvalue weighted by molar-refractivity contribution is 0.0940. The van der Waals surface area contributed by atoms with Crippen molar-refractivity contribution in [3.63, 3.8) is 0 Å². The summed E-state index contributed by atoms with van der Waals surface area (Å²) >= 11 is 0. The maximum Gasteiger partial charge on any atom is 0.253 e. The molecule has 0 bridgehead atoms. The van der Waals surface area contributed by atoms with E-state index < -0.39 is 6.04 Å². The van der Waals surface area contributed by atoms with Crippen molar-refractivity contribution in [2.24, 2.45) is 7.05 Å². The summed E-state index contributed by atoms with van der Waals surface area (Å²) in [4.78, 5) is 24.1. The Bertz CT molecular complexity index is 996. The van der Waals surface area contributed by atoms with Crippen molar-refractivity contribution in [3.05, 3.63) is 71.9 Å². The molecular formula is C22H25N5O3. The van der Waals surface area contributed by atoms with Crippen molar-refractivity contribution in [1.82, 2.24) is 19.9 Å². The number of nitrogens with zero attached hydrogens (tertiary/aromatic N) is 4. The average molecular weight is 407 g/mol. The van der Waals surface area contributed by atoms with Gasteiger partial charge in [-0.3, -0.25) is 4.79 Å². The highest BCUT2D eigenvalue weighted by molar-refractivity contribution is 5.94. The molecule has 0 aliphatic carbocycles. The average Bonchev–Trinajstić information content (AvgIpc) is 3.23. The van der Waals surface area contributed by atoms with E-state index in [2.05, 4.69) is 20.2 Å². The molecule has 1 aromatic carbocycles. The molecule has 1 saturated heterocycles. The van der Waals surface area contributed by atoms with Crippen LogP contribution in [0.2, 0.25) is 0 Å². The number of para-hydroxylation sites is 1. The third-order valence-electron chi connectivity index (χ3n) is 5.19. The number of imidazole rings is 1. The zero-order chi connectivity index (χ0) is 20.9. The summed E-state index contributed by atoms with van der Waals surface area (Å²) in [6, 6.07) is 10.8. The summed E-state index contributed by atoms with van der Waals surface area (Å²) in [5.41, 5.74) is 1.32. The Morgan fingerprint density at radius 3 is 2.63 bits per heavy atom. The van der Waals surface area contributed by atoms with E-state index in [1.54, 1.807) is 25.6 Å². The molecule has 1 unspecified atom stereocenters. The molecule has 1 aliphatic heterocycles. The lowest BCUT2D eigenvalue weighted by Gasteiger charge is -2.27. The molecule has 1 amide bonds. The number of pyridine rings is 1. The second kappa shape index (κ2) is 8.96. The van der Waals surface area contributed by atoms with Gasteiger partial charge in [0.2, 0.25) is 0 Å². The van der Waals surface area contributed by atoms with Gasteiger partial charge < -0.3 is 24.3 Å². The van der Waals surface area contributed by atoms with Crippen LogP contribution in [0.3, 0.4) is 0 Å². The zero-order valence-corrected chi connectivity index (χ0v) is 17.1. The number of anilines is 1. The Kier molecular flexibility index (Phi) is 5.94. The van der Waals surface area contributed by atoms with Crippen LogP contribution >= 0.6 is 0 Å². The van der Waals surface area contributed by atoms with Gasteiger partial charge in [-0.15, -0.1) is 0 Å². The maximum absolute atomic E-state index is 13.1. The molecule has 156 valence electrons. The number of hydrogen-bond donors (Lipinski definition) is 1. The Labute approximate surface area is 175 Å². The summed E-state index contributed by atoms with van der Waals surface area (Å²) in [7, 11) is 3.51. The van der Waals surface area contributed by atoms with E-state index in [1.807, 2.05) is 48.1 Å². The van der Waals surface area contributed by atoms with Gasteiger partial charge in [0, 0.05) is 44.3 Å². The fourth-order valence-corrected chi connectivity index (χ4v) is 3.56. The Morgan fingerprint density at radius 1 is 1.17 bits per heavy atom. The van der Waals surface area contributed by atoms with Gasteiger partial charge in [0.15, 0.2) is 0 Å². The molecule has 0 saturated carbocycles. The molecule has 1 aliphatic rings. The maximum atomic E-state index is 13.1. The molecular weight excluding hydrogens is 382 g/mol. The Hall–Kier alpha value is -3.39. The van der Waals surface area contributed by atoms with Gasteiger partial charge in [0.25, 0.3) is 5.91 Å². The predicted molar refractivity (Wildman–Crippen MR) is 113 cm³/mol. The largest absolute Gasteiger partial charge is 0.496 e. The van der Waals surface area contributed by atoms with Crippen LogP contribution < -0.4 is 15.0 Å². The van der Waals surface area contributed by atoms with Gasteiger partial charge in [-0.1, -0.05) is 18.2 Å². The summed E-state index contributed by atoms with van der Waals surface area (Å²) in [6.45, 7) is 2.98. The minimum atomic E-state index is -0.465. The summed E-state index contributed by atoms with van der Waals surface area (Å²) in [6.07, 6.45) is 5.17. The van der Waals surface area contributed by atoms with Crippen molar-refractivity contribution in [2.75, 3.05) is 38.3 Å². The SMILES string of the molecule is COc1ccccc1C(NC(=O)c1ccc(N2CCOCC2)nc1)c1nccn1C. The third kappa shape index (κ3) is 4.13. The molecule has 4 rings (SSSR count). The van der Waals surface area contributed by atoms with Crippen molar-refractivity contribution in [3.8, 4) is 5.75 Å². The third-order valence-corrected chi connectivity index (χ3v) is 5.19. The molecule has 0 spiro atoms. The molecule has 1 fully saturated rings. The highest BCUT2D eigenvalue weighted by Gasteiger charge is 2.24. The lowest BCUT2D eigenvalue weighted by Crippen LogP contribution is -2.36. The van der Waals surface area contributed by atoms with Gasteiger partial charge in [0.05, 0.1) is 25.9 Å². The number of morpholine rings is 1. The molecule has 0 radical (unpaired) electrons. The van der Waals surface area contributed by atoms with Crippen LogP contribution in [-0.4, -0.2) is 53.9 Å². The first-order valence-electron chi connectivity index (χ1n) is 9.87. The van der Waals surface area contributed by atoms with E-state index in [4.69, 9.17) is 9.47 Å². The normalized spacial score (nSPS) is 14.9. The lowest BCUT2D eigenvalue weighted by atomic mass is 10.0. The minimum Gasteiger partial charge on any atom is -0.496 e. The monoisotopic (exact) mass is 407 g/mol. The van der Waals surface area contributed by atoms with Crippen LogP contribution in [0.25, 0.3) is 0 Å². The molecule has 2 aromatic heterocycles. The Morgan fingerprint density at radius 2 is 1.97 bits per heavy atom. The van der Waals surface area contributed by atoms with Crippen LogP contribution in [0.1, 0.15) is 27.8 Å². The number of amides is 1. The number of rotatable bonds is 6. The first-order chi connectivity index (χ1) is 14.7. The minimum absolute atomic E-state index is 0.227. The number of carbonyl (C=O) groups excluding carboxylic acids is 1. The molecule has 8 heteroatoms. The highest BCUT2D eigenvalue weighted by Crippen LogP contribution is 2.29. The topological polar surface area (TPSA) is 81.5 Å². The zero-order valence-electron chi connectivity index (χ0n) is 17.1. The molecule has 8 nitrogen and oxygen atoms in total. The standard InChI is InChI=1S/C22H25N5O3/c1-26-10-9-23-21(26)20(17-5-3-4-6-18(17)29-2)25-22(28)16-7-8-19(24-15-16)27-11-13-30-14-12-27/h3-10,15,20H,11-14H2,1-2H3,(H,25,28). The van der Waals surface area contributed by atoms with Crippen molar-refractivity contribution in [1.29, 1.82) is 0 Å². The molecule has 1 N–H and O–H groups in total. The number of methoxy groups -OCH3 is 1. The van der Waals surface area contributed by atoms with Gasteiger partial charge in [0.1, 0.15) is 23.4 Å². The fourth-order valence-electron chi connectivity index (χ4n) is 3.56. The number of ether oxygens (including phenoxy) is 2. The summed E-state index contributed by atoms with van der Waals surface area (Å²) in [5, 5.41) is 3.09. The van der Waals surface area contributed by atoms with Crippen LogP contribution in [0.5, 0.6) is 5.75 Å². The van der Waals surface area contributed by atoms with Gasteiger partial charge in [-0.2, -0.15) is 0 Å². The fraction of sp³-hybridized carbons (Fsp3) is 0.318. The van der Waals surface area contributed by atoms with E-state index >= 15 is 0 Å². The van der Waals surface area contributed by atoms with Crippen LogP contribution in [-0.2, 0) is 11.8 Å². The second-order valence-electron chi connectivity index (χ2n) is 7.05. The first kappa shape index (κ1) is 19.9. The van der Waals surface area contributed by atoms with Gasteiger partial charge in [-0.25, -0.2) is 9.97 Å². The number of aryl methyl sites for hydroxylation is 1. The van der Waals surface area contributed by atoms with Crippen molar-refractivity contribution < 1.29 is 14.3 Å². The number of carbonyl (C=O) groups is 1. The molecule has 3 aromatic rings. The first-order valence-corrected chi connectivity index (χ1v) is 9.87. The van der Waals surface area contributed by atoms with E-state index in [-0.39, 0.29) is 5.91 Å². The van der Waals surface area contributed by atoms with E-state index in [0.29, 0.717) is 30.4 Å². The number of aromatic nitrogens is 3. The smallest absolute Gasteiger partial charge is 0.253 e. The van der Waals surface area contributed by atoms with Crippen LogP contribution in [0, 0.1) is 0 Å². The summed E-state index contributed by atoms with van der Waals surface area (Å²) < 4.78 is 12.8. The molecule has 30 heavy (non-hydrogen) atoms. The predicted octanol–water partition coefficient (Wildman–Crippen LogP) is 2.18. The second-order valence-corrected chi connectivity index (χ2v) is 7.05. The number of benzene rings is 1. The van der Waals surface area contributed by atoms with Gasteiger partial charge >= 0.3 is 0 Å². The molecule has 1 atom stereocenters. The van der Waals surface area contributed by atoms with Crippen LogP contribution in [0.4, 0.5) is 5.82 Å². The van der Waals surface area contributed by atoms with Crippen molar-refractivity contribution in [2.45, 2.75) is 6.04 Å². The van der Waals surface area contributed by atoms with Crippen LogP contribution in [0.15, 0.2) is 55.0 Å². The number of nitrogens with one attached hydrogen (secondary N) is 1. The van der Waals surface area contributed by atoms with E-state index in [0.717, 1.165) is 24.5 Å². The Balaban J connectivity index is 1.58. The van der Waals surface area contributed by atoms with Gasteiger partial charge in [-0.05, 0) is 18.2 Å². The van der Waals surface area contributed by atoms with E-state index in [9.17, 15) is 4.79 Å². The quantitative estimate of drug-likeness (QED) is 0.675.